The fraction of sp³-hybridized carbons (Fsp3) is 0.125. The lowest BCUT2D eigenvalue weighted by molar-refractivity contribution is -0.121. The zero-order valence-corrected chi connectivity index (χ0v) is 7.47. The number of ether oxygens (including phenoxy) is 1. The Morgan fingerprint density at radius 1 is 1.46 bits per heavy atom. The summed E-state index contributed by atoms with van der Waals surface area (Å²) >= 11 is -1.49. The van der Waals surface area contributed by atoms with Gasteiger partial charge in [0.25, 0.3) is 5.91 Å². The normalized spacial score (nSPS) is 21.0. The first-order chi connectivity index (χ1) is 6.27. The van der Waals surface area contributed by atoms with E-state index < -0.39 is 11.4 Å². The molecule has 4 nitrogen and oxygen atoms in total. The molecule has 0 fully saturated rings. The van der Waals surface area contributed by atoms with Gasteiger partial charge in [-0.15, -0.1) is 0 Å². The van der Waals surface area contributed by atoms with Gasteiger partial charge >= 0.3 is 0 Å². The Balaban J connectivity index is 2.40. The Kier molecular flexibility index (Phi) is 2.12. The van der Waals surface area contributed by atoms with Gasteiger partial charge < -0.3 is 9.29 Å². The largest absolute Gasteiger partial charge is 0.588 e. The molecule has 1 aliphatic heterocycles. The Morgan fingerprint density at radius 2 is 2.23 bits per heavy atom. The molecule has 1 aromatic rings. The number of hydrogen-bond donors (Lipinski definition) is 1. The third kappa shape index (κ3) is 1.61. The molecule has 68 valence electrons. The van der Waals surface area contributed by atoms with E-state index in [4.69, 9.17) is 4.74 Å². The molecule has 5 heteroatoms. The maximum atomic E-state index is 11.4. The van der Waals surface area contributed by atoms with E-state index >= 15 is 0 Å². The van der Waals surface area contributed by atoms with Crippen molar-refractivity contribution in [3.8, 4) is 5.75 Å². The number of benzene rings is 1. The summed E-state index contributed by atoms with van der Waals surface area (Å²) in [6.07, 6.45) is 0. The predicted molar refractivity (Wildman–Crippen MR) is 46.5 cm³/mol. The second-order valence-corrected chi connectivity index (χ2v) is 3.71. The maximum absolute atomic E-state index is 11.4. The fourth-order valence-electron chi connectivity index (χ4n) is 1.05. The van der Waals surface area contributed by atoms with Gasteiger partial charge in [-0.2, -0.15) is 4.72 Å². The third-order valence-corrected chi connectivity index (χ3v) is 2.76. The second-order valence-electron chi connectivity index (χ2n) is 2.53. The van der Waals surface area contributed by atoms with Crippen molar-refractivity contribution in [3.63, 3.8) is 0 Å². The monoisotopic (exact) mass is 197 g/mol. The highest BCUT2D eigenvalue weighted by atomic mass is 32.2. The Morgan fingerprint density at radius 3 is 3.08 bits per heavy atom. The lowest BCUT2D eigenvalue weighted by atomic mass is 10.3. The van der Waals surface area contributed by atoms with Gasteiger partial charge in [0, 0.05) is 0 Å². The molecule has 0 spiro atoms. The van der Waals surface area contributed by atoms with E-state index in [1.54, 1.807) is 24.3 Å². The highest BCUT2D eigenvalue weighted by molar-refractivity contribution is 7.90. The molecule has 0 saturated heterocycles. The SMILES string of the molecule is O=C1COc2ccccc2[S+]([O-])N1. The van der Waals surface area contributed by atoms with Crippen LogP contribution >= 0.6 is 0 Å². The highest BCUT2D eigenvalue weighted by Crippen LogP contribution is 2.24. The van der Waals surface area contributed by atoms with Gasteiger partial charge in [0.1, 0.15) is 11.4 Å². The van der Waals surface area contributed by atoms with E-state index in [9.17, 15) is 9.35 Å². The molecule has 1 aromatic carbocycles. The molecule has 0 aromatic heterocycles. The van der Waals surface area contributed by atoms with Crippen LogP contribution < -0.4 is 9.46 Å². The average Bonchev–Trinajstić information content (AvgIpc) is 2.27. The van der Waals surface area contributed by atoms with Crippen LogP contribution in [0.5, 0.6) is 5.75 Å². The standard InChI is InChI=1S/C8H7NO3S/c10-8-5-12-6-3-1-2-4-7(6)13(11)9-8/h1-4H,5H2,(H,9,10). The quantitative estimate of drug-likeness (QED) is 0.605. The number of fused-ring (bicyclic) bond motifs is 1. The molecule has 1 unspecified atom stereocenters. The van der Waals surface area contributed by atoms with Crippen molar-refractivity contribution in [2.45, 2.75) is 4.90 Å². The molecule has 0 aliphatic carbocycles. The first kappa shape index (κ1) is 8.40. The summed E-state index contributed by atoms with van der Waals surface area (Å²) in [4.78, 5) is 11.4. The van der Waals surface area contributed by atoms with Crippen LogP contribution in [0.15, 0.2) is 29.2 Å². The molecule has 1 amide bonds. The Bertz CT molecular complexity index is 342. The predicted octanol–water partition coefficient (Wildman–Crippen LogP) is 0.218. The fourth-order valence-corrected chi connectivity index (χ4v) is 1.94. The van der Waals surface area contributed by atoms with Crippen LogP contribution in [0.2, 0.25) is 0 Å². The molecule has 1 aliphatic rings. The third-order valence-electron chi connectivity index (χ3n) is 1.61. The number of carbonyl (C=O) groups excluding carboxylic acids is 1. The van der Waals surface area contributed by atoms with E-state index in [1.165, 1.54) is 0 Å². The topological polar surface area (TPSA) is 61.4 Å². The van der Waals surface area contributed by atoms with Crippen LogP contribution in [0.3, 0.4) is 0 Å². The molecule has 1 atom stereocenters. The van der Waals surface area contributed by atoms with Crippen LogP contribution in [-0.4, -0.2) is 17.1 Å². The van der Waals surface area contributed by atoms with Gasteiger partial charge in [-0.05, 0) is 12.1 Å². The van der Waals surface area contributed by atoms with Crippen LogP contribution in [0, 0.1) is 0 Å². The summed E-state index contributed by atoms with van der Waals surface area (Å²) in [5.74, 6) is 0.133. The van der Waals surface area contributed by atoms with Crippen molar-refractivity contribution in [1.29, 1.82) is 0 Å². The molecule has 0 bridgehead atoms. The molecule has 13 heavy (non-hydrogen) atoms. The number of hydrogen-bond acceptors (Lipinski definition) is 3. The van der Waals surface area contributed by atoms with E-state index in [1.807, 2.05) is 0 Å². The maximum Gasteiger partial charge on any atom is 0.299 e. The summed E-state index contributed by atoms with van der Waals surface area (Å²) in [6, 6.07) is 6.87. The number of amides is 1. The first-order valence-corrected chi connectivity index (χ1v) is 4.85. The second kappa shape index (κ2) is 3.27. The minimum atomic E-state index is -1.49. The first-order valence-electron chi connectivity index (χ1n) is 3.70. The molecular weight excluding hydrogens is 190 g/mol. The lowest BCUT2D eigenvalue weighted by Crippen LogP contribution is -2.31. The minimum absolute atomic E-state index is 0.0806. The number of rotatable bonds is 0. The summed E-state index contributed by atoms with van der Waals surface area (Å²) in [7, 11) is 0. The van der Waals surface area contributed by atoms with Crippen molar-refractivity contribution in [3.05, 3.63) is 24.3 Å². The van der Waals surface area contributed by atoms with E-state index in [0.717, 1.165) is 0 Å². The zero-order chi connectivity index (χ0) is 9.26. The van der Waals surface area contributed by atoms with Gasteiger partial charge in [-0.25, -0.2) is 0 Å². The minimum Gasteiger partial charge on any atom is -0.588 e. The van der Waals surface area contributed by atoms with Gasteiger partial charge in [-0.1, -0.05) is 12.1 Å². The van der Waals surface area contributed by atoms with Gasteiger partial charge in [0.05, 0.1) is 0 Å². The van der Waals surface area contributed by atoms with Crippen molar-refractivity contribution in [1.82, 2.24) is 4.72 Å². The van der Waals surface area contributed by atoms with Crippen LogP contribution in [-0.2, 0) is 16.2 Å². The molecule has 0 radical (unpaired) electrons. The molecule has 2 rings (SSSR count). The molecule has 1 N–H and O–H groups in total. The summed E-state index contributed by atoms with van der Waals surface area (Å²) in [6.45, 7) is -0.0806. The average molecular weight is 197 g/mol. The van der Waals surface area contributed by atoms with Crippen molar-refractivity contribution >= 4 is 17.3 Å². The number of nitrogens with one attached hydrogen (secondary N) is 1. The zero-order valence-electron chi connectivity index (χ0n) is 6.65. The smallest absolute Gasteiger partial charge is 0.299 e. The van der Waals surface area contributed by atoms with Crippen molar-refractivity contribution in [2.75, 3.05) is 6.61 Å². The van der Waals surface area contributed by atoms with Gasteiger partial charge in [0.15, 0.2) is 12.4 Å². The number of para-hydroxylation sites is 1. The van der Waals surface area contributed by atoms with Crippen LogP contribution in [0.25, 0.3) is 0 Å². The molecule has 0 saturated carbocycles. The Hall–Kier alpha value is -1.20. The van der Waals surface area contributed by atoms with E-state index in [2.05, 4.69) is 4.72 Å². The van der Waals surface area contributed by atoms with Gasteiger partial charge in [0.2, 0.25) is 4.90 Å². The Labute approximate surface area is 78.2 Å². The van der Waals surface area contributed by atoms with Crippen LogP contribution in [0.1, 0.15) is 0 Å². The van der Waals surface area contributed by atoms with Crippen molar-refractivity contribution < 1.29 is 14.1 Å². The summed E-state index contributed by atoms with van der Waals surface area (Å²) < 4.78 is 18.8. The highest BCUT2D eigenvalue weighted by Gasteiger charge is 2.24. The van der Waals surface area contributed by atoms with E-state index in [-0.39, 0.29) is 12.5 Å². The summed E-state index contributed by atoms with van der Waals surface area (Å²) in [5, 5.41) is 0. The van der Waals surface area contributed by atoms with Crippen LogP contribution in [0.4, 0.5) is 0 Å². The van der Waals surface area contributed by atoms with Crippen molar-refractivity contribution in [2.24, 2.45) is 0 Å². The van der Waals surface area contributed by atoms with E-state index in [0.29, 0.717) is 10.6 Å². The molecule has 1 heterocycles. The summed E-state index contributed by atoms with van der Waals surface area (Å²) in [5.41, 5.74) is 0. The lowest BCUT2D eigenvalue weighted by Gasteiger charge is -2.06. The molecular formula is C8H7NO3S. The van der Waals surface area contributed by atoms with Gasteiger partial charge in [-0.3, -0.25) is 4.79 Å². The number of carbonyl (C=O) groups is 1.